The highest BCUT2D eigenvalue weighted by Crippen LogP contribution is 2.23. The first kappa shape index (κ1) is 15.6. The largest absolute Gasteiger partial charge is 0.478 e. The molecule has 0 bridgehead atoms. The number of aromatic nitrogens is 2. The van der Waals surface area contributed by atoms with Crippen LogP contribution in [0.4, 0.5) is 0 Å². The third kappa shape index (κ3) is 3.23. The zero-order valence-corrected chi connectivity index (χ0v) is 13.7. The van der Waals surface area contributed by atoms with E-state index in [1.807, 2.05) is 42.2 Å². The van der Waals surface area contributed by atoms with Gasteiger partial charge in [0.15, 0.2) is 5.69 Å². The number of carbonyl (C=O) groups excluding carboxylic acids is 1. The standard InChI is InChI=1S/C18H23N3O2/c1-3-23-17-13-16(18(22)20-12-8-7-9-14(20)2)19-21(17)15-10-5-4-6-11-15/h4-6,10-11,13-14H,3,7-9,12H2,1-2H3. The van der Waals surface area contributed by atoms with Crippen LogP contribution in [-0.2, 0) is 0 Å². The fraction of sp³-hybridized carbons (Fsp3) is 0.444. The predicted octanol–water partition coefficient (Wildman–Crippen LogP) is 3.29. The summed E-state index contributed by atoms with van der Waals surface area (Å²) in [4.78, 5) is 14.7. The second kappa shape index (κ2) is 6.86. The number of para-hydroxylation sites is 1. The van der Waals surface area contributed by atoms with Crippen LogP contribution in [0.1, 0.15) is 43.6 Å². The van der Waals surface area contributed by atoms with E-state index >= 15 is 0 Å². The maximum absolute atomic E-state index is 12.8. The summed E-state index contributed by atoms with van der Waals surface area (Å²) >= 11 is 0. The first-order chi connectivity index (χ1) is 11.2. The maximum atomic E-state index is 12.8. The van der Waals surface area contributed by atoms with Crippen LogP contribution in [0.5, 0.6) is 5.88 Å². The topological polar surface area (TPSA) is 47.4 Å². The zero-order chi connectivity index (χ0) is 16.2. The lowest BCUT2D eigenvalue weighted by Gasteiger charge is -2.32. The zero-order valence-electron chi connectivity index (χ0n) is 13.7. The fourth-order valence-electron chi connectivity index (χ4n) is 3.02. The van der Waals surface area contributed by atoms with Crippen molar-refractivity contribution in [2.45, 2.75) is 39.2 Å². The molecule has 0 aliphatic carbocycles. The Morgan fingerprint density at radius 1 is 1.30 bits per heavy atom. The molecule has 2 aromatic rings. The lowest BCUT2D eigenvalue weighted by atomic mass is 10.0. The molecule has 122 valence electrons. The number of likely N-dealkylation sites (tertiary alicyclic amines) is 1. The molecule has 3 rings (SSSR count). The summed E-state index contributed by atoms with van der Waals surface area (Å²) in [6.07, 6.45) is 3.31. The van der Waals surface area contributed by atoms with Gasteiger partial charge in [-0.2, -0.15) is 5.10 Å². The van der Waals surface area contributed by atoms with Crippen LogP contribution in [0.15, 0.2) is 36.4 Å². The molecule has 5 nitrogen and oxygen atoms in total. The van der Waals surface area contributed by atoms with Crippen LogP contribution < -0.4 is 4.74 Å². The van der Waals surface area contributed by atoms with Gasteiger partial charge in [0, 0.05) is 18.7 Å². The summed E-state index contributed by atoms with van der Waals surface area (Å²) < 4.78 is 7.37. The molecular weight excluding hydrogens is 290 g/mol. The Labute approximate surface area is 136 Å². The number of benzene rings is 1. The van der Waals surface area contributed by atoms with Crippen molar-refractivity contribution in [1.29, 1.82) is 0 Å². The van der Waals surface area contributed by atoms with Crippen LogP contribution in [0, 0.1) is 0 Å². The summed E-state index contributed by atoms with van der Waals surface area (Å²) in [5, 5.41) is 4.51. The minimum absolute atomic E-state index is 0.00664. The van der Waals surface area contributed by atoms with E-state index < -0.39 is 0 Å². The van der Waals surface area contributed by atoms with Crippen molar-refractivity contribution in [3.8, 4) is 11.6 Å². The maximum Gasteiger partial charge on any atom is 0.274 e. The third-order valence-corrected chi connectivity index (χ3v) is 4.25. The number of piperidine rings is 1. The van der Waals surface area contributed by atoms with Crippen molar-refractivity contribution < 1.29 is 9.53 Å². The molecule has 1 unspecified atom stereocenters. The molecule has 0 saturated carbocycles. The molecule has 0 N–H and O–H groups in total. The van der Waals surface area contributed by atoms with E-state index in [0.29, 0.717) is 18.2 Å². The molecule has 0 spiro atoms. The van der Waals surface area contributed by atoms with Gasteiger partial charge in [-0.1, -0.05) is 18.2 Å². The quantitative estimate of drug-likeness (QED) is 0.870. The van der Waals surface area contributed by atoms with Crippen molar-refractivity contribution in [3.05, 3.63) is 42.1 Å². The second-order valence-corrected chi connectivity index (χ2v) is 5.89. The lowest BCUT2D eigenvalue weighted by Crippen LogP contribution is -2.42. The highest BCUT2D eigenvalue weighted by molar-refractivity contribution is 5.93. The molecule has 1 aromatic carbocycles. The molecule has 1 aliphatic rings. The van der Waals surface area contributed by atoms with Gasteiger partial charge >= 0.3 is 0 Å². The molecule has 1 amide bonds. The Hall–Kier alpha value is -2.30. The first-order valence-corrected chi connectivity index (χ1v) is 8.30. The third-order valence-electron chi connectivity index (χ3n) is 4.25. The smallest absolute Gasteiger partial charge is 0.274 e. The molecule has 5 heteroatoms. The molecule has 1 atom stereocenters. The second-order valence-electron chi connectivity index (χ2n) is 5.89. The lowest BCUT2D eigenvalue weighted by molar-refractivity contribution is 0.0629. The average molecular weight is 313 g/mol. The van der Waals surface area contributed by atoms with Gasteiger partial charge in [0.05, 0.1) is 12.3 Å². The predicted molar refractivity (Wildman–Crippen MR) is 89.1 cm³/mol. The number of rotatable bonds is 4. The van der Waals surface area contributed by atoms with E-state index in [0.717, 1.165) is 25.1 Å². The number of amides is 1. The Bertz CT molecular complexity index is 666. The molecular formula is C18H23N3O2. The number of ether oxygens (including phenoxy) is 1. The van der Waals surface area contributed by atoms with E-state index in [2.05, 4.69) is 12.0 Å². The summed E-state index contributed by atoms with van der Waals surface area (Å²) in [5.41, 5.74) is 1.34. The van der Waals surface area contributed by atoms with Crippen LogP contribution in [0.2, 0.25) is 0 Å². The number of hydrogen-bond donors (Lipinski definition) is 0. The summed E-state index contributed by atoms with van der Waals surface area (Å²) in [6, 6.07) is 11.8. The van der Waals surface area contributed by atoms with Gasteiger partial charge in [-0.3, -0.25) is 4.79 Å². The first-order valence-electron chi connectivity index (χ1n) is 8.30. The number of carbonyl (C=O) groups is 1. The Morgan fingerprint density at radius 2 is 2.09 bits per heavy atom. The fourth-order valence-corrected chi connectivity index (χ4v) is 3.02. The van der Waals surface area contributed by atoms with Gasteiger partial charge in [-0.05, 0) is 45.2 Å². The Kier molecular flexibility index (Phi) is 4.65. The van der Waals surface area contributed by atoms with E-state index in [1.165, 1.54) is 6.42 Å². The van der Waals surface area contributed by atoms with Gasteiger partial charge in [-0.25, -0.2) is 4.68 Å². The van der Waals surface area contributed by atoms with Gasteiger partial charge in [0.25, 0.3) is 5.91 Å². The summed E-state index contributed by atoms with van der Waals surface area (Å²) in [6.45, 7) is 5.37. The Balaban J connectivity index is 1.92. The van der Waals surface area contributed by atoms with Crippen molar-refractivity contribution >= 4 is 5.91 Å². The van der Waals surface area contributed by atoms with Crippen LogP contribution >= 0.6 is 0 Å². The van der Waals surface area contributed by atoms with Crippen molar-refractivity contribution in [3.63, 3.8) is 0 Å². The molecule has 1 aliphatic heterocycles. The molecule has 2 heterocycles. The molecule has 0 radical (unpaired) electrons. The van der Waals surface area contributed by atoms with Crippen molar-refractivity contribution in [1.82, 2.24) is 14.7 Å². The van der Waals surface area contributed by atoms with Gasteiger partial charge < -0.3 is 9.64 Å². The Morgan fingerprint density at radius 3 is 2.78 bits per heavy atom. The molecule has 23 heavy (non-hydrogen) atoms. The average Bonchev–Trinajstić information content (AvgIpc) is 3.00. The monoisotopic (exact) mass is 313 g/mol. The minimum atomic E-state index is -0.00664. The molecule has 1 saturated heterocycles. The van der Waals surface area contributed by atoms with Gasteiger partial charge in [0.2, 0.25) is 5.88 Å². The van der Waals surface area contributed by atoms with E-state index in [-0.39, 0.29) is 11.9 Å². The highest BCUT2D eigenvalue weighted by Gasteiger charge is 2.27. The van der Waals surface area contributed by atoms with Crippen molar-refractivity contribution in [2.75, 3.05) is 13.2 Å². The van der Waals surface area contributed by atoms with Crippen molar-refractivity contribution in [2.24, 2.45) is 0 Å². The summed E-state index contributed by atoms with van der Waals surface area (Å²) in [5.74, 6) is 0.597. The van der Waals surface area contributed by atoms with Gasteiger partial charge in [0.1, 0.15) is 0 Å². The van der Waals surface area contributed by atoms with Crippen LogP contribution in [0.3, 0.4) is 0 Å². The van der Waals surface area contributed by atoms with Crippen LogP contribution in [0.25, 0.3) is 5.69 Å². The number of nitrogens with zero attached hydrogens (tertiary/aromatic N) is 3. The van der Waals surface area contributed by atoms with E-state index in [4.69, 9.17) is 4.74 Å². The SMILES string of the molecule is CCOc1cc(C(=O)N2CCCCC2C)nn1-c1ccccc1. The normalized spacial score (nSPS) is 18.0. The molecule has 1 fully saturated rings. The van der Waals surface area contributed by atoms with E-state index in [9.17, 15) is 4.79 Å². The highest BCUT2D eigenvalue weighted by atomic mass is 16.5. The van der Waals surface area contributed by atoms with Crippen LogP contribution in [-0.4, -0.2) is 39.8 Å². The molecule has 1 aromatic heterocycles. The van der Waals surface area contributed by atoms with E-state index in [1.54, 1.807) is 10.7 Å². The summed E-state index contributed by atoms with van der Waals surface area (Å²) in [7, 11) is 0. The number of hydrogen-bond acceptors (Lipinski definition) is 3. The van der Waals surface area contributed by atoms with Gasteiger partial charge in [-0.15, -0.1) is 0 Å². The minimum Gasteiger partial charge on any atom is -0.478 e.